The van der Waals surface area contributed by atoms with Gasteiger partial charge in [-0.15, -0.1) is 0 Å². The van der Waals surface area contributed by atoms with Gasteiger partial charge in [-0.1, -0.05) is 0 Å². The second-order valence-electron chi connectivity index (χ2n) is 5.87. The quantitative estimate of drug-likeness (QED) is 0.556. The molecule has 1 N–H and O–H groups in total. The van der Waals surface area contributed by atoms with Crippen molar-refractivity contribution in [2.24, 2.45) is 5.92 Å². The molecule has 0 spiro atoms. The molecule has 0 aromatic carbocycles. The maximum absolute atomic E-state index is 11.8. The molecule has 0 aliphatic heterocycles. The summed E-state index contributed by atoms with van der Waals surface area (Å²) in [6, 6.07) is 0.858. The fraction of sp³-hybridized carbons (Fsp3) is 0.733. The number of ether oxygens (including phenoxy) is 3. The Labute approximate surface area is 136 Å². The van der Waals surface area contributed by atoms with Crippen LogP contribution >= 0.6 is 0 Å². The highest BCUT2D eigenvalue weighted by atomic mass is 16.6. The summed E-state index contributed by atoms with van der Waals surface area (Å²) in [5, 5.41) is 11.0. The third-order valence-electron chi connectivity index (χ3n) is 2.84. The number of nitrogens with zero attached hydrogens (tertiary/aromatic N) is 1. The van der Waals surface area contributed by atoms with Gasteiger partial charge in [0.2, 0.25) is 0 Å². The van der Waals surface area contributed by atoms with Crippen LogP contribution in [0.4, 0.5) is 4.79 Å². The average molecular weight is 328 g/mol. The number of methoxy groups -OCH3 is 2. The van der Waals surface area contributed by atoms with Crippen molar-refractivity contribution in [3.63, 3.8) is 0 Å². The van der Waals surface area contributed by atoms with Crippen molar-refractivity contribution in [3.8, 4) is 6.07 Å². The normalized spacial score (nSPS) is 13.2. The SMILES string of the molecule is COC(=O)C(CCC#N)C[C@H](NC(=O)OC(C)(C)C)C(=O)OC. The highest BCUT2D eigenvalue weighted by Crippen LogP contribution is 2.17. The molecule has 0 aliphatic rings. The van der Waals surface area contributed by atoms with Crippen LogP contribution in [0.1, 0.15) is 40.0 Å². The Morgan fingerprint density at radius 3 is 2.13 bits per heavy atom. The van der Waals surface area contributed by atoms with Crippen LogP contribution in [0.25, 0.3) is 0 Å². The number of amides is 1. The van der Waals surface area contributed by atoms with Crippen molar-refractivity contribution >= 4 is 18.0 Å². The maximum Gasteiger partial charge on any atom is 0.408 e. The highest BCUT2D eigenvalue weighted by molar-refractivity contribution is 5.82. The van der Waals surface area contributed by atoms with Crippen LogP contribution in [0.15, 0.2) is 0 Å². The first kappa shape index (κ1) is 20.7. The zero-order valence-corrected chi connectivity index (χ0v) is 14.2. The van der Waals surface area contributed by atoms with Gasteiger partial charge in [0, 0.05) is 6.42 Å². The lowest BCUT2D eigenvalue weighted by Gasteiger charge is -2.24. The minimum absolute atomic E-state index is 0.0414. The Morgan fingerprint density at radius 2 is 1.70 bits per heavy atom. The summed E-state index contributed by atoms with van der Waals surface area (Å²) in [6.07, 6.45) is -0.496. The van der Waals surface area contributed by atoms with Crippen LogP contribution in [-0.4, -0.2) is 43.9 Å². The lowest BCUT2D eigenvalue weighted by Crippen LogP contribution is -2.45. The Balaban J connectivity index is 5.00. The van der Waals surface area contributed by atoms with E-state index in [1.807, 2.05) is 6.07 Å². The van der Waals surface area contributed by atoms with E-state index in [0.29, 0.717) is 0 Å². The molecule has 0 aliphatic carbocycles. The molecule has 0 fully saturated rings. The lowest BCUT2D eigenvalue weighted by molar-refractivity contribution is -0.148. The molecule has 0 saturated heterocycles. The van der Waals surface area contributed by atoms with Gasteiger partial charge in [-0.3, -0.25) is 4.79 Å². The van der Waals surface area contributed by atoms with Crippen LogP contribution in [0.3, 0.4) is 0 Å². The third kappa shape index (κ3) is 8.66. The van der Waals surface area contributed by atoms with E-state index in [2.05, 4.69) is 14.8 Å². The van der Waals surface area contributed by atoms with Crippen LogP contribution in [-0.2, 0) is 23.8 Å². The number of alkyl carbamates (subject to hydrolysis) is 1. The number of rotatable bonds is 7. The van der Waals surface area contributed by atoms with Gasteiger partial charge in [0.05, 0.1) is 26.2 Å². The largest absolute Gasteiger partial charge is 0.469 e. The smallest absolute Gasteiger partial charge is 0.408 e. The fourth-order valence-electron chi connectivity index (χ4n) is 1.83. The molecule has 0 bridgehead atoms. The van der Waals surface area contributed by atoms with E-state index in [0.717, 1.165) is 0 Å². The van der Waals surface area contributed by atoms with Crippen molar-refractivity contribution in [2.45, 2.75) is 51.7 Å². The number of hydrogen-bond donors (Lipinski definition) is 1. The first-order chi connectivity index (χ1) is 10.6. The molecule has 2 atom stereocenters. The first-order valence-electron chi connectivity index (χ1n) is 7.16. The predicted molar refractivity (Wildman–Crippen MR) is 80.1 cm³/mol. The number of esters is 2. The number of carbonyl (C=O) groups is 3. The summed E-state index contributed by atoms with van der Waals surface area (Å²) < 4.78 is 14.4. The Kier molecular flexibility index (Phi) is 8.70. The van der Waals surface area contributed by atoms with Crippen molar-refractivity contribution in [1.29, 1.82) is 5.26 Å². The summed E-state index contributed by atoms with van der Waals surface area (Å²) in [7, 11) is 2.39. The lowest BCUT2D eigenvalue weighted by atomic mass is 9.95. The molecule has 0 rings (SSSR count). The van der Waals surface area contributed by atoms with Crippen LogP contribution < -0.4 is 5.32 Å². The van der Waals surface area contributed by atoms with Crippen LogP contribution in [0, 0.1) is 17.2 Å². The minimum atomic E-state index is -1.07. The molecular weight excluding hydrogens is 304 g/mol. The second kappa shape index (κ2) is 9.66. The Morgan fingerprint density at radius 1 is 1.13 bits per heavy atom. The van der Waals surface area contributed by atoms with E-state index in [9.17, 15) is 14.4 Å². The third-order valence-corrected chi connectivity index (χ3v) is 2.84. The highest BCUT2D eigenvalue weighted by Gasteiger charge is 2.31. The van der Waals surface area contributed by atoms with E-state index in [-0.39, 0.29) is 19.3 Å². The topological polar surface area (TPSA) is 115 Å². The number of carbonyl (C=O) groups excluding carboxylic acids is 3. The zero-order chi connectivity index (χ0) is 18.0. The molecule has 0 aromatic heterocycles. The molecule has 0 aromatic rings. The van der Waals surface area contributed by atoms with Crippen molar-refractivity contribution in [1.82, 2.24) is 5.32 Å². The van der Waals surface area contributed by atoms with Gasteiger partial charge in [0.25, 0.3) is 0 Å². The second-order valence-corrected chi connectivity index (χ2v) is 5.87. The Hall–Kier alpha value is -2.30. The van der Waals surface area contributed by atoms with E-state index in [1.165, 1.54) is 14.2 Å². The van der Waals surface area contributed by atoms with Gasteiger partial charge < -0.3 is 19.5 Å². The standard InChI is InChI=1S/C15H24N2O6/c1-15(2,3)23-14(20)17-11(13(19)22-5)9-10(7-6-8-16)12(18)21-4/h10-11H,6-7,9H2,1-5H3,(H,17,20)/t10?,11-/m0/s1. The monoisotopic (exact) mass is 328 g/mol. The predicted octanol–water partition coefficient (Wildman–Crippen LogP) is 1.54. The molecule has 0 heterocycles. The van der Waals surface area contributed by atoms with Crippen molar-refractivity contribution in [2.75, 3.05) is 14.2 Å². The summed E-state index contributed by atoms with van der Waals surface area (Å²) in [5.41, 5.74) is -0.729. The maximum atomic E-state index is 11.8. The van der Waals surface area contributed by atoms with Gasteiger partial charge in [-0.05, 0) is 33.6 Å². The van der Waals surface area contributed by atoms with E-state index < -0.39 is 35.6 Å². The molecule has 1 amide bonds. The molecular formula is C15H24N2O6. The summed E-state index contributed by atoms with van der Waals surface area (Å²) in [6.45, 7) is 5.05. The summed E-state index contributed by atoms with van der Waals surface area (Å²) >= 11 is 0. The van der Waals surface area contributed by atoms with Crippen molar-refractivity contribution < 1.29 is 28.6 Å². The first-order valence-corrected chi connectivity index (χ1v) is 7.16. The summed E-state index contributed by atoms with van der Waals surface area (Å²) in [5.74, 6) is -1.97. The van der Waals surface area contributed by atoms with Gasteiger partial charge >= 0.3 is 18.0 Å². The van der Waals surface area contributed by atoms with E-state index >= 15 is 0 Å². The van der Waals surface area contributed by atoms with Gasteiger partial charge in [0.15, 0.2) is 0 Å². The molecule has 8 nitrogen and oxygen atoms in total. The molecule has 130 valence electrons. The van der Waals surface area contributed by atoms with Crippen LogP contribution in [0.5, 0.6) is 0 Å². The fourth-order valence-corrected chi connectivity index (χ4v) is 1.83. The molecule has 0 saturated carbocycles. The number of nitrogens with one attached hydrogen (secondary N) is 1. The molecule has 8 heteroatoms. The van der Waals surface area contributed by atoms with E-state index in [1.54, 1.807) is 20.8 Å². The van der Waals surface area contributed by atoms with Crippen LogP contribution in [0.2, 0.25) is 0 Å². The summed E-state index contributed by atoms with van der Waals surface area (Å²) in [4.78, 5) is 35.4. The number of nitriles is 1. The van der Waals surface area contributed by atoms with Crippen molar-refractivity contribution in [3.05, 3.63) is 0 Å². The average Bonchev–Trinajstić information content (AvgIpc) is 2.46. The van der Waals surface area contributed by atoms with Gasteiger partial charge in [-0.2, -0.15) is 5.26 Å². The molecule has 1 unspecified atom stereocenters. The molecule has 23 heavy (non-hydrogen) atoms. The number of hydrogen-bond acceptors (Lipinski definition) is 7. The minimum Gasteiger partial charge on any atom is -0.469 e. The Bertz CT molecular complexity index is 464. The zero-order valence-electron chi connectivity index (χ0n) is 14.2. The molecule has 0 radical (unpaired) electrons. The van der Waals surface area contributed by atoms with E-state index in [4.69, 9.17) is 10.00 Å². The van der Waals surface area contributed by atoms with Gasteiger partial charge in [0.1, 0.15) is 11.6 Å². The van der Waals surface area contributed by atoms with Gasteiger partial charge in [-0.25, -0.2) is 9.59 Å².